The van der Waals surface area contributed by atoms with Crippen LogP contribution in [0.2, 0.25) is 0 Å². The topological polar surface area (TPSA) is 101 Å². The number of nitrogens with one attached hydrogen (secondary N) is 1. The summed E-state index contributed by atoms with van der Waals surface area (Å²) < 4.78 is 35.5. The Hall–Kier alpha value is -2.04. The molecule has 1 atom stereocenters. The van der Waals surface area contributed by atoms with Crippen molar-refractivity contribution < 1.29 is 13.2 Å². The minimum Gasteiger partial charge on any atom is -0.377 e. The number of ether oxygens (including phenoxy) is 1. The van der Waals surface area contributed by atoms with Crippen LogP contribution in [0, 0.1) is 0 Å². The molecule has 8 nitrogen and oxygen atoms in total. The van der Waals surface area contributed by atoms with Gasteiger partial charge in [-0.05, 0) is 49.0 Å². The molecule has 1 aliphatic heterocycles. The molecule has 10 heteroatoms. The molecular weight excluding hydrogens is 398 g/mol. The van der Waals surface area contributed by atoms with Crippen molar-refractivity contribution >= 4 is 37.4 Å². The molecule has 0 amide bonds. The third kappa shape index (κ3) is 2.66. The minimum absolute atomic E-state index is 0.169. The third-order valence-corrected chi connectivity index (χ3v) is 8.65. The fraction of sp³-hybridized carbons (Fsp3) is 0.500. The van der Waals surface area contributed by atoms with Crippen molar-refractivity contribution in [1.82, 2.24) is 19.6 Å². The number of pyridine rings is 1. The molecule has 0 aromatic carbocycles. The lowest BCUT2D eigenvalue weighted by Gasteiger charge is -2.34. The number of H-pyrrole nitrogens is 1. The first kappa shape index (κ1) is 18.0. The lowest BCUT2D eigenvalue weighted by Crippen LogP contribution is -2.44. The summed E-state index contributed by atoms with van der Waals surface area (Å²) in [7, 11) is -3.25. The molecule has 1 N–H and O–H groups in total. The van der Waals surface area contributed by atoms with Crippen LogP contribution in [0.25, 0.3) is 21.6 Å². The Morgan fingerprint density at radius 2 is 2.21 bits per heavy atom. The fourth-order valence-electron chi connectivity index (χ4n) is 3.98. The predicted octanol–water partition coefficient (Wildman–Crippen LogP) is 2.34. The molecule has 0 unspecified atom stereocenters. The molecule has 28 heavy (non-hydrogen) atoms. The second-order valence-electron chi connectivity index (χ2n) is 7.59. The van der Waals surface area contributed by atoms with E-state index in [9.17, 15) is 8.42 Å². The van der Waals surface area contributed by atoms with E-state index in [-0.39, 0.29) is 6.04 Å². The van der Waals surface area contributed by atoms with Crippen LogP contribution in [-0.4, -0.2) is 60.0 Å². The van der Waals surface area contributed by atoms with Crippen molar-refractivity contribution in [2.24, 2.45) is 0 Å². The number of aromatic nitrogens is 4. The average molecular weight is 420 g/mol. The maximum atomic E-state index is 12.7. The van der Waals surface area contributed by atoms with Crippen LogP contribution in [0.5, 0.6) is 0 Å². The van der Waals surface area contributed by atoms with Crippen molar-refractivity contribution in [1.29, 1.82) is 0 Å². The summed E-state index contributed by atoms with van der Waals surface area (Å²) in [6.07, 6.45) is 4.29. The molecule has 2 aliphatic rings. The molecule has 0 spiro atoms. The van der Waals surface area contributed by atoms with Crippen LogP contribution in [0.1, 0.15) is 25.3 Å². The summed E-state index contributed by atoms with van der Waals surface area (Å²) in [4.78, 5) is 7.12. The van der Waals surface area contributed by atoms with Crippen molar-refractivity contribution in [2.45, 2.75) is 30.6 Å². The second kappa shape index (κ2) is 6.23. The van der Waals surface area contributed by atoms with E-state index in [1.807, 2.05) is 12.1 Å². The lowest BCUT2D eigenvalue weighted by molar-refractivity contribution is 0.0985. The number of hydrogen-bond donors (Lipinski definition) is 1. The molecule has 1 saturated carbocycles. The van der Waals surface area contributed by atoms with E-state index >= 15 is 0 Å². The number of hydrogen-bond acceptors (Lipinski definition) is 8. The Morgan fingerprint density at radius 3 is 2.86 bits per heavy atom. The summed E-state index contributed by atoms with van der Waals surface area (Å²) in [5, 5.41) is 6.97. The van der Waals surface area contributed by atoms with E-state index in [1.54, 1.807) is 6.20 Å². The van der Waals surface area contributed by atoms with Gasteiger partial charge in [0.1, 0.15) is 17.0 Å². The van der Waals surface area contributed by atoms with Gasteiger partial charge in [-0.3, -0.25) is 5.10 Å². The Morgan fingerprint density at radius 1 is 1.39 bits per heavy atom. The fourth-order valence-corrected chi connectivity index (χ4v) is 6.40. The largest absolute Gasteiger partial charge is 0.377 e. The van der Waals surface area contributed by atoms with Crippen molar-refractivity contribution in [3.8, 4) is 11.4 Å². The van der Waals surface area contributed by atoms with Crippen LogP contribution < -0.4 is 4.90 Å². The highest BCUT2D eigenvalue weighted by atomic mass is 32.2. The molecule has 2 fully saturated rings. The van der Waals surface area contributed by atoms with E-state index in [0.717, 1.165) is 33.8 Å². The molecule has 1 saturated heterocycles. The highest BCUT2D eigenvalue weighted by molar-refractivity contribution is 7.92. The highest BCUT2D eigenvalue weighted by Gasteiger charge is 2.55. The zero-order valence-corrected chi connectivity index (χ0v) is 17.3. The highest BCUT2D eigenvalue weighted by Crippen LogP contribution is 2.55. The van der Waals surface area contributed by atoms with E-state index < -0.39 is 14.6 Å². The molecule has 1 aliphatic carbocycles. The average Bonchev–Trinajstić information content (AvgIpc) is 3.11. The standard InChI is InChI=1S/C18H21N5O3S2/c1-11-10-26-8-7-23(11)14-9-12(18(4-5-18)28(2,24)25)17-16(20-14)15(22-27-17)13-3-6-19-21-13/h3,6,9,11H,4-5,7-8,10H2,1-2H3,(H,19,21)/t11-/m1/s1. The van der Waals surface area contributed by atoms with Gasteiger partial charge in [0.05, 0.1) is 34.4 Å². The number of anilines is 1. The van der Waals surface area contributed by atoms with Gasteiger partial charge in [-0.2, -0.15) is 9.47 Å². The summed E-state index contributed by atoms with van der Waals surface area (Å²) in [6, 6.07) is 3.98. The first-order chi connectivity index (χ1) is 13.4. The summed E-state index contributed by atoms with van der Waals surface area (Å²) in [6.45, 7) is 4.07. The molecule has 3 aromatic heterocycles. The van der Waals surface area contributed by atoms with E-state index in [4.69, 9.17) is 9.72 Å². The van der Waals surface area contributed by atoms with Crippen LogP contribution >= 0.6 is 11.5 Å². The third-order valence-electron chi connectivity index (χ3n) is 5.73. The van der Waals surface area contributed by atoms with Crippen LogP contribution in [0.15, 0.2) is 18.3 Å². The molecule has 0 bridgehead atoms. The quantitative estimate of drug-likeness (QED) is 0.693. The smallest absolute Gasteiger partial charge is 0.157 e. The van der Waals surface area contributed by atoms with Gasteiger partial charge in [-0.25, -0.2) is 13.4 Å². The predicted molar refractivity (Wildman–Crippen MR) is 108 cm³/mol. The van der Waals surface area contributed by atoms with Crippen LogP contribution in [0.3, 0.4) is 0 Å². The Kier molecular flexibility index (Phi) is 4.01. The normalized spacial score (nSPS) is 21.9. The van der Waals surface area contributed by atoms with Crippen molar-refractivity contribution in [2.75, 3.05) is 30.9 Å². The van der Waals surface area contributed by atoms with Crippen molar-refractivity contribution in [3.05, 3.63) is 23.9 Å². The Labute approximate surface area is 167 Å². The van der Waals surface area contributed by atoms with Crippen LogP contribution in [-0.2, 0) is 19.3 Å². The maximum Gasteiger partial charge on any atom is 0.157 e. The van der Waals surface area contributed by atoms with E-state index in [1.165, 1.54) is 17.8 Å². The van der Waals surface area contributed by atoms with Crippen molar-refractivity contribution in [3.63, 3.8) is 0 Å². The van der Waals surface area contributed by atoms with Gasteiger partial charge in [0, 0.05) is 19.0 Å². The first-order valence-electron chi connectivity index (χ1n) is 9.25. The molecule has 5 rings (SSSR count). The van der Waals surface area contributed by atoms with Crippen LogP contribution in [0.4, 0.5) is 5.82 Å². The van der Waals surface area contributed by atoms with E-state index in [0.29, 0.717) is 31.7 Å². The number of sulfone groups is 1. The van der Waals surface area contributed by atoms with Gasteiger partial charge >= 0.3 is 0 Å². The molecule has 0 radical (unpaired) electrons. The van der Waals surface area contributed by atoms with Gasteiger partial charge in [0.25, 0.3) is 0 Å². The van der Waals surface area contributed by atoms with E-state index in [2.05, 4.69) is 26.4 Å². The summed E-state index contributed by atoms with van der Waals surface area (Å²) in [5.74, 6) is 0.786. The molecule has 148 valence electrons. The van der Waals surface area contributed by atoms with Gasteiger partial charge in [0.15, 0.2) is 9.84 Å². The Bertz CT molecular complexity index is 1140. The summed E-state index contributed by atoms with van der Waals surface area (Å²) >= 11 is 1.31. The maximum absolute atomic E-state index is 12.7. The number of fused-ring (bicyclic) bond motifs is 1. The number of rotatable bonds is 4. The summed E-state index contributed by atoms with van der Waals surface area (Å²) in [5.41, 5.74) is 3.05. The minimum atomic E-state index is -3.25. The number of aromatic amines is 1. The molecular formula is C18H21N5O3S2. The van der Waals surface area contributed by atoms with Gasteiger partial charge < -0.3 is 9.64 Å². The zero-order valence-electron chi connectivity index (χ0n) is 15.7. The second-order valence-corrected chi connectivity index (χ2v) is 10.7. The number of morpholine rings is 1. The first-order valence-corrected chi connectivity index (χ1v) is 11.9. The van der Waals surface area contributed by atoms with Gasteiger partial charge in [0.2, 0.25) is 0 Å². The SMILES string of the molecule is C[C@@H]1COCCN1c1cc(C2(S(C)(=O)=O)CC2)c2snc(-c3ccn[nH]3)c2n1. The number of nitrogens with zero attached hydrogens (tertiary/aromatic N) is 4. The lowest BCUT2D eigenvalue weighted by atomic mass is 10.1. The molecule has 3 aromatic rings. The zero-order chi connectivity index (χ0) is 19.5. The molecule has 4 heterocycles. The van der Waals surface area contributed by atoms with Gasteiger partial charge in [-0.15, -0.1) is 0 Å². The Balaban J connectivity index is 1.76. The van der Waals surface area contributed by atoms with Gasteiger partial charge in [-0.1, -0.05) is 0 Å². The monoisotopic (exact) mass is 419 g/mol.